The number of fused-ring (bicyclic) bond motifs is 1. The van der Waals surface area contributed by atoms with Crippen LogP contribution >= 0.6 is 31.9 Å². The number of nitrogens with zero attached hydrogens (tertiary/aromatic N) is 1. The van der Waals surface area contributed by atoms with E-state index in [-0.39, 0.29) is 12.5 Å². The summed E-state index contributed by atoms with van der Waals surface area (Å²) >= 11 is 7.05. The van der Waals surface area contributed by atoms with Gasteiger partial charge in [-0.15, -0.1) is 0 Å². The molecule has 0 bridgehead atoms. The number of benzene rings is 4. The molecule has 4 aromatic rings. The Bertz CT molecular complexity index is 1290. The average Bonchev–Trinajstić information content (AvgIpc) is 2.82. The molecular formula is C26H20Br2N2O2. The summed E-state index contributed by atoms with van der Waals surface area (Å²) in [5, 5.41) is 6.30. The molecule has 0 saturated carbocycles. The summed E-state index contributed by atoms with van der Waals surface area (Å²) in [5.74, 6) is 0.278. The highest BCUT2D eigenvalue weighted by molar-refractivity contribution is 9.11. The maximum Gasteiger partial charge on any atom is 0.277 e. The number of hydrazone groups is 1. The number of ether oxygens (including phenoxy) is 1. The van der Waals surface area contributed by atoms with Crippen LogP contribution in [0.4, 0.5) is 0 Å². The predicted molar refractivity (Wildman–Crippen MR) is 137 cm³/mol. The first-order valence-corrected chi connectivity index (χ1v) is 11.6. The highest BCUT2D eigenvalue weighted by Gasteiger charge is 2.09. The smallest absolute Gasteiger partial charge is 0.277 e. The Morgan fingerprint density at radius 2 is 1.62 bits per heavy atom. The second kappa shape index (κ2) is 10.1. The van der Waals surface area contributed by atoms with Crippen LogP contribution in [-0.2, 0) is 4.79 Å². The summed E-state index contributed by atoms with van der Waals surface area (Å²) in [5.41, 5.74) is 6.51. The molecule has 32 heavy (non-hydrogen) atoms. The van der Waals surface area contributed by atoms with Crippen LogP contribution < -0.4 is 10.2 Å². The zero-order chi connectivity index (χ0) is 22.5. The molecule has 160 valence electrons. The summed E-state index contributed by atoms with van der Waals surface area (Å²) in [7, 11) is 0. The van der Waals surface area contributed by atoms with Gasteiger partial charge in [-0.1, -0.05) is 82.7 Å². The molecule has 0 saturated heterocycles. The van der Waals surface area contributed by atoms with Gasteiger partial charge in [-0.05, 0) is 68.5 Å². The van der Waals surface area contributed by atoms with Crippen molar-refractivity contribution in [3.63, 3.8) is 0 Å². The number of nitrogens with one attached hydrogen (secondary N) is 1. The highest BCUT2D eigenvalue weighted by atomic mass is 79.9. The zero-order valence-corrected chi connectivity index (χ0v) is 20.5. The fourth-order valence-corrected chi connectivity index (χ4v) is 4.26. The molecule has 0 aromatic heterocycles. The van der Waals surface area contributed by atoms with Gasteiger partial charge in [-0.2, -0.15) is 5.10 Å². The normalized spacial score (nSPS) is 11.4. The molecule has 4 rings (SSSR count). The monoisotopic (exact) mass is 550 g/mol. The Kier molecular flexibility index (Phi) is 7.02. The largest absolute Gasteiger partial charge is 0.483 e. The number of carbonyl (C=O) groups is 1. The Labute approximate surface area is 203 Å². The predicted octanol–water partition coefficient (Wildman–Crippen LogP) is 6.95. The number of hydrogen-bond acceptors (Lipinski definition) is 3. The second-order valence-electron chi connectivity index (χ2n) is 7.21. The van der Waals surface area contributed by atoms with Gasteiger partial charge >= 0.3 is 0 Å². The lowest BCUT2D eigenvalue weighted by Crippen LogP contribution is -2.25. The summed E-state index contributed by atoms with van der Waals surface area (Å²) in [6.45, 7) is 1.72. The Balaban J connectivity index is 1.36. The van der Waals surface area contributed by atoms with E-state index in [0.29, 0.717) is 5.75 Å². The van der Waals surface area contributed by atoms with Gasteiger partial charge in [-0.25, -0.2) is 5.43 Å². The number of hydrogen-bond donors (Lipinski definition) is 1. The summed E-state index contributed by atoms with van der Waals surface area (Å²) in [6.07, 6.45) is 0. The van der Waals surface area contributed by atoms with Crippen LogP contribution in [0.25, 0.3) is 21.9 Å². The first-order valence-electron chi connectivity index (χ1n) is 10.0. The maximum absolute atomic E-state index is 12.2. The van der Waals surface area contributed by atoms with E-state index in [4.69, 9.17) is 4.74 Å². The van der Waals surface area contributed by atoms with Crippen LogP contribution in [0, 0.1) is 0 Å². The molecule has 0 aliphatic rings. The van der Waals surface area contributed by atoms with Crippen molar-refractivity contribution < 1.29 is 9.53 Å². The number of halogens is 2. The molecule has 0 atom stereocenters. The first-order chi connectivity index (χ1) is 15.5. The molecule has 1 N–H and O–H groups in total. The SMILES string of the molecule is CC(=NNC(=O)COc1ccc2cc(Br)ccc2c1Br)c1ccc(-c2ccccc2)cc1. The third-order valence-corrected chi connectivity index (χ3v) is 6.31. The van der Waals surface area contributed by atoms with Crippen molar-refractivity contribution in [3.05, 3.63) is 99.4 Å². The highest BCUT2D eigenvalue weighted by Crippen LogP contribution is 2.34. The Morgan fingerprint density at radius 3 is 2.38 bits per heavy atom. The molecular weight excluding hydrogens is 532 g/mol. The van der Waals surface area contributed by atoms with E-state index in [0.717, 1.165) is 42.1 Å². The molecule has 0 radical (unpaired) electrons. The van der Waals surface area contributed by atoms with Crippen molar-refractivity contribution in [2.45, 2.75) is 6.92 Å². The molecule has 1 amide bonds. The quantitative estimate of drug-likeness (QED) is 0.208. The van der Waals surface area contributed by atoms with E-state index >= 15 is 0 Å². The topological polar surface area (TPSA) is 50.7 Å². The summed E-state index contributed by atoms with van der Waals surface area (Å²) < 4.78 is 7.52. The fraction of sp³-hybridized carbons (Fsp3) is 0.0769. The number of amides is 1. The molecule has 4 nitrogen and oxygen atoms in total. The third-order valence-electron chi connectivity index (χ3n) is 5.00. The maximum atomic E-state index is 12.2. The van der Waals surface area contributed by atoms with Gasteiger partial charge in [0.2, 0.25) is 0 Å². The lowest BCUT2D eigenvalue weighted by atomic mass is 10.0. The van der Waals surface area contributed by atoms with E-state index in [1.807, 2.05) is 79.7 Å². The number of rotatable bonds is 6. The van der Waals surface area contributed by atoms with E-state index in [1.54, 1.807) is 0 Å². The standard InChI is InChI=1S/C26H20Br2N2O2/c1-17(18-7-9-20(10-8-18)19-5-3-2-4-6-19)29-30-25(31)16-32-24-14-11-21-15-22(27)12-13-23(21)26(24)28/h2-15H,16H2,1H3,(H,30,31). The van der Waals surface area contributed by atoms with E-state index in [1.165, 1.54) is 0 Å². The van der Waals surface area contributed by atoms with Crippen molar-refractivity contribution in [3.8, 4) is 16.9 Å². The van der Waals surface area contributed by atoms with Crippen LogP contribution in [0.5, 0.6) is 5.75 Å². The molecule has 0 unspecified atom stereocenters. The molecule has 0 aliphatic heterocycles. The van der Waals surface area contributed by atoms with Crippen molar-refractivity contribution in [1.82, 2.24) is 5.43 Å². The van der Waals surface area contributed by atoms with Crippen LogP contribution in [0.3, 0.4) is 0 Å². The van der Waals surface area contributed by atoms with Crippen LogP contribution in [0.1, 0.15) is 12.5 Å². The van der Waals surface area contributed by atoms with Gasteiger partial charge in [0.15, 0.2) is 6.61 Å². The third kappa shape index (κ3) is 5.26. The molecule has 0 spiro atoms. The minimum atomic E-state index is -0.326. The molecule has 0 heterocycles. The minimum Gasteiger partial charge on any atom is -0.483 e. The van der Waals surface area contributed by atoms with E-state index < -0.39 is 0 Å². The summed E-state index contributed by atoms with van der Waals surface area (Å²) in [4.78, 5) is 12.2. The van der Waals surface area contributed by atoms with E-state index in [9.17, 15) is 4.79 Å². The molecule has 6 heteroatoms. The van der Waals surface area contributed by atoms with Crippen LogP contribution in [-0.4, -0.2) is 18.2 Å². The van der Waals surface area contributed by atoms with Gasteiger partial charge in [-0.3, -0.25) is 4.79 Å². The number of carbonyl (C=O) groups excluding carboxylic acids is 1. The first kappa shape index (κ1) is 22.2. The van der Waals surface area contributed by atoms with Crippen LogP contribution in [0.2, 0.25) is 0 Å². The van der Waals surface area contributed by atoms with Gasteiger partial charge in [0, 0.05) is 4.47 Å². The van der Waals surface area contributed by atoms with Gasteiger partial charge in [0.05, 0.1) is 10.2 Å². The second-order valence-corrected chi connectivity index (χ2v) is 8.92. The Morgan fingerprint density at radius 1 is 0.906 bits per heavy atom. The van der Waals surface area contributed by atoms with Crippen molar-refractivity contribution in [1.29, 1.82) is 0 Å². The van der Waals surface area contributed by atoms with Gasteiger partial charge in [0.25, 0.3) is 5.91 Å². The minimum absolute atomic E-state index is 0.135. The van der Waals surface area contributed by atoms with Gasteiger partial charge < -0.3 is 4.74 Å². The Hall–Kier alpha value is -2.96. The van der Waals surface area contributed by atoms with Crippen molar-refractivity contribution in [2.75, 3.05) is 6.61 Å². The van der Waals surface area contributed by atoms with Crippen molar-refractivity contribution >= 4 is 54.3 Å². The van der Waals surface area contributed by atoms with E-state index in [2.05, 4.69) is 54.5 Å². The van der Waals surface area contributed by atoms with Gasteiger partial charge in [0.1, 0.15) is 5.75 Å². The molecule has 4 aromatic carbocycles. The lowest BCUT2D eigenvalue weighted by molar-refractivity contribution is -0.123. The molecule has 0 aliphatic carbocycles. The molecule has 0 fully saturated rings. The lowest BCUT2D eigenvalue weighted by Gasteiger charge is -2.10. The zero-order valence-electron chi connectivity index (χ0n) is 17.3. The fourth-order valence-electron chi connectivity index (χ4n) is 3.28. The van der Waals surface area contributed by atoms with Crippen LogP contribution in [0.15, 0.2) is 99.0 Å². The summed E-state index contributed by atoms with van der Waals surface area (Å²) in [6, 6.07) is 28.0. The van der Waals surface area contributed by atoms with Crippen molar-refractivity contribution in [2.24, 2.45) is 5.10 Å². The average molecular weight is 552 g/mol.